The van der Waals surface area contributed by atoms with E-state index in [0.29, 0.717) is 12.2 Å². The van der Waals surface area contributed by atoms with Gasteiger partial charge in [-0.25, -0.2) is 13.1 Å². The van der Waals surface area contributed by atoms with Gasteiger partial charge in [0.1, 0.15) is 5.69 Å². The molecule has 0 fully saturated rings. The summed E-state index contributed by atoms with van der Waals surface area (Å²) in [6.07, 6.45) is 0. The van der Waals surface area contributed by atoms with E-state index in [0.717, 1.165) is 11.6 Å². The van der Waals surface area contributed by atoms with Crippen molar-refractivity contribution in [3.05, 3.63) is 64.2 Å². The van der Waals surface area contributed by atoms with Gasteiger partial charge in [0.25, 0.3) is 5.69 Å². The van der Waals surface area contributed by atoms with Crippen molar-refractivity contribution in [1.29, 1.82) is 0 Å². The monoisotopic (exact) mass is 363 g/mol. The summed E-state index contributed by atoms with van der Waals surface area (Å²) in [5.74, 6) is 0. The van der Waals surface area contributed by atoms with Crippen LogP contribution in [-0.4, -0.2) is 26.4 Å². The van der Waals surface area contributed by atoms with Gasteiger partial charge in [0.05, 0.1) is 9.82 Å². The zero-order valence-corrected chi connectivity index (χ0v) is 15.2. The summed E-state index contributed by atoms with van der Waals surface area (Å²) in [5, 5.41) is 11.4. The molecular formula is C17H21N3O4S. The Balaban J connectivity index is 2.38. The molecule has 0 unspecified atom stereocenters. The SMILES string of the molecule is CC(C)NS(=O)(=O)c1ccc(N(C)Cc2ccccc2)c([N+](=O)[O-])c1. The van der Waals surface area contributed by atoms with Crippen LogP contribution < -0.4 is 9.62 Å². The van der Waals surface area contributed by atoms with E-state index in [1.807, 2.05) is 30.3 Å². The molecule has 134 valence electrons. The van der Waals surface area contributed by atoms with Gasteiger partial charge >= 0.3 is 0 Å². The fourth-order valence-corrected chi connectivity index (χ4v) is 3.73. The van der Waals surface area contributed by atoms with Crippen molar-refractivity contribution in [2.24, 2.45) is 0 Å². The van der Waals surface area contributed by atoms with E-state index in [1.165, 1.54) is 12.1 Å². The normalized spacial score (nSPS) is 11.5. The van der Waals surface area contributed by atoms with Gasteiger partial charge in [0.2, 0.25) is 10.0 Å². The number of sulfonamides is 1. The van der Waals surface area contributed by atoms with E-state index in [1.54, 1.807) is 25.8 Å². The minimum atomic E-state index is -3.79. The third kappa shape index (κ3) is 4.77. The van der Waals surface area contributed by atoms with Crippen LogP contribution in [0.15, 0.2) is 53.4 Å². The van der Waals surface area contributed by atoms with E-state index in [2.05, 4.69) is 4.72 Å². The number of anilines is 1. The van der Waals surface area contributed by atoms with Crippen LogP contribution in [0.2, 0.25) is 0 Å². The number of hydrogen-bond donors (Lipinski definition) is 1. The van der Waals surface area contributed by atoms with Gasteiger partial charge < -0.3 is 4.90 Å². The molecule has 0 aliphatic carbocycles. The Morgan fingerprint density at radius 2 is 1.80 bits per heavy atom. The van der Waals surface area contributed by atoms with Crippen molar-refractivity contribution < 1.29 is 13.3 Å². The molecular weight excluding hydrogens is 342 g/mol. The molecule has 8 heteroatoms. The first-order valence-corrected chi connectivity index (χ1v) is 9.25. The van der Waals surface area contributed by atoms with Crippen LogP contribution in [0.3, 0.4) is 0 Å². The van der Waals surface area contributed by atoms with Gasteiger partial charge in [-0.15, -0.1) is 0 Å². The number of nitro benzene ring substituents is 1. The van der Waals surface area contributed by atoms with Gasteiger partial charge in [-0.05, 0) is 31.5 Å². The van der Waals surface area contributed by atoms with E-state index in [9.17, 15) is 18.5 Å². The van der Waals surface area contributed by atoms with Crippen molar-refractivity contribution in [3.63, 3.8) is 0 Å². The van der Waals surface area contributed by atoms with Crippen LogP contribution in [0.25, 0.3) is 0 Å². The number of nitrogens with zero attached hydrogens (tertiary/aromatic N) is 2. The second-order valence-electron chi connectivity index (χ2n) is 6.03. The summed E-state index contributed by atoms with van der Waals surface area (Å²) in [6.45, 7) is 3.85. The molecule has 7 nitrogen and oxygen atoms in total. The quantitative estimate of drug-likeness (QED) is 0.603. The fraction of sp³-hybridized carbons (Fsp3) is 0.294. The Hall–Kier alpha value is -2.45. The maximum Gasteiger partial charge on any atom is 0.293 e. The molecule has 2 aromatic rings. The molecule has 0 aromatic heterocycles. The molecule has 0 aliphatic heterocycles. The molecule has 0 aliphatic rings. The van der Waals surface area contributed by atoms with Crippen molar-refractivity contribution >= 4 is 21.4 Å². The number of nitro groups is 1. The van der Waals surface area contributed by atoms with Gasteiger partial charge in [0.15, 0.2) is 0 Å². The first kappa shape index (κ1) is 18.9. The molecule has 0 amide bonds. The lowest BCUT2D eigenvalue weighted by Gasteiger charge is -2.20. The topological polar surface area (TPSA) is 92.6 Å². The highest BCUT2D eigenvalue weighted by atomic mass is 32.2. The largest absolute Gasteiger partial charge is 0.365 e. The highest BCUT2D eigenvalue weighted by Gasteiger charge is 2.23. The molecule has 0 spiro atoms. The first-order valence-electron chi connectivity index (χ1n) is 7.76. The van der Waals surface area contributed by atoms with Crippen LogP contribution in [-0.2, 0) is 16.6 Å². The average molecular weight is 363 g/mol. The molecule has 0 saturated heterocycles. The number of rotatable bonds is 7. The molecule has 2 rings (SSSR count). The predicted molar refractivity (Wildman–Crippen MR) is 97.1 cm³/mol. The van der Waals surface area contributed by atoms with Crippen LogP contribution in [0.5, 0.6) is 0 Å². The Morgan fingerprint density at radius 1 is 1.16 bits per heavy atom. The van der Waals surface area contributed by atoms with Gasteiger partial charge in [0, 0.05) is 25.7 Å². The van der Waals surface area contributed by atoms with Crippen molar-refractivity contribution in [2.45, 2.75) is 31.3 Å². The second kappa shape index (κ2) is 7.62. The van der Waals surface area contributed by atoms with Crippen molar-refractivity contribution in [1.82, 2.24) is 4.72 Å². The number of nitrogens with one attached hydrogen (secondary N) is 1. The summed E-state index contributed by atoms with van der Waals surface area (Å²) in [6, 6.07) is 13.2. The lowest BCUT2D eigenvalue weighted by molar-refractivity contribution is -0.384. The van der Waals surface area contributed by atoms with Crippen LogP contribution in [0, 0.1) is 10.1 Å². The summed E-state index contributed by atoms with van der Waals surface area (Å²) < 4.78 is 26.9. The van der Waals surface area contributed by atoms with Crippen LogP contribution in [0.4, 0.5) is 11.4 Å². The van der Waals surface area contributed by atoms with E-state index >= 15 is 0 Å². The molecule has 0 heterocycles. The predicted octanol–water partition coefficient (Wildman–Crippen LogP) is 2.92. The highest BCUT2D eigenvalue weighted by molar-refractivity contribution is 7.89. The molecule has 25 heavy (non-hydrogen) atoms. The molecule has 1 N–H and O–H groups in total. The number of hydrogen-bond acceptors (Lipinski definition) is 5. The van der Waals surface area contributed by atoms with Gasteiger partial charge in [-0.2, -0.15) is 0 Å². The third-order valence-corrected chi connectivity index (χ3v) is 5.17. The molecule has 2 aromatic carbocycles. The summed E-state index contributed by atoms with van der Waals surface area (Å²) in [5.41, 5.74) is 1.11. The van der Waals surface area contributed by atoms with Crippen molar-refractivity contribution in [3.8, 4) is 0 Å². The lowest BCUT2D eigenvalue weighted by Crippen LogP contribution is -2.30. The zero-order chi connectivity index (χ0) is 18.6. The Kier molecular flexibility index (Phi) is 5.76. The van der Waals surface area contributed by atoms with Crippen LogP contribution >= 0.6 is 0 Å². The van der Waals surface area contributed by atoms with Gasteiger partial charge in [-0.1, -0.05) is 30.3 Å². The van der Waals surface area contributed by atoms with E-state index in [-0.39, 0.29) is 16.6 Å². The Labute approximate surface area is 147 Å². The molecule has 0 radical (unpaired) electrons. The number of benzene rings is 2. The maximum atomic E-state index is 12.2. The molecule has 0 saturated carbocycles. The van der Waals surface area contributed by atoms with Crippen molar-refractivity contribution in [2.75, 3.05) is 11.9 Å². The Bertz CT molecular complexity index is 851. The summed E-state index contributed by atoms with van der Waals surface area (Å²) in [7, 11) is -2.06. The molecule has 0 bridgehead atoms. The third-order valence-electron chi connectivity index (χ3n) is 3.52. The maximum absolute atomic E-state index is 12.2. The van der Waals surface area contributed by atoms with Crippen LogP contribution in [0.1, 0.15) is 19.4 Å². The summed E-state index contributed by atoms with van der Waals surface area (Å²) >= 11 is 0. The second-order valence-corrected chi connectivity index (χ2v) is 7.74. The minimum Gasteiger partial charge on any atom is -0.365 e. The standard InChI is InChI=1S/C17H21N3O4S/c1-13(2)18-25(23,24)15-9-10-16(17(11-15)20(21)22)19(3)12-14-7-5-4-6-8-14/h4-11,13,18H,12H2,1-3H3. The minimum absolute atomic E-state index is 0.121. The van der Waals surface area contributed by atoms with E-state index in [4.69, 9.17) is 0 Å². The summed E-state index contributed by atoms with van der Waals surface area (Å²) in [4.78, 5) is 12.5. The fourth-order valence-electron chi connectivity index (χ4n) is 2.46. The highest BCUT2D eigenvalue weighted by Crippen LogP contribution is 2.31. The average Bonchev–Trinajstić information content (AvgIpc) is 2.54. The zero-order valence-electron chi connectivity index (χ0n) is 14.3. The van der Waals surface area contributed by atoms with E-state index < -0.39 is 14.9 Å². The molecule has 0 atom stereocenters. The Morgan fingerprint density at radius 3 is 2.36 bits per heavy atom. The smallest absolute Gasteiger partial charge is 0.293 e. The lowest BCUT2D eigenvalue weighted by atomic mass is 10.2. The van der Waals surface area contributed by atoms with Gasteiger partial charge in [-0.3, -0.25) is 10.1 Å². The first-order chi connectivity index (χ1) is 11.7.